The van der Waals surface area contributed by atoms with Gasteiger partial charge in [0.2, 0.25) is 11.8 Å². The van der Waals surface area contributed by atoms with E-state index >= 15 is 0 Å². The minimum absolute atomic E-state index is 0.0418. The quantitative estimate of drug-likeness (QED) is 0.348. The Hall–Kier alpha value is -4.13. The predicted molar refractivity (Wildman–Crippen MR) is 124 cm³/mol. The molecule has 4 aromatic rings. The van der Waals surface area contributed by atoms with Crippen molar-refractivity contribution in [1.29, 1.82) is 10.5 Å². The van der Waals surface area contributed by atoms with E-state index in [1.165, 1.54) is 0 Å². The van der Waals surface area contributed by atoms with E-state index in [0.29, 0.717) is 39.4 Å². The first-order valence-corrected chi connectivity index (χ1v) is 10.3. The number of benzene rings is 3. The molecule has 4 rings (SSSR count). The lowest BCUT2D eigenvalue weighted by Crippen LogP contribution is -2.05. The summed E-state index contributed by atoms with van der Waals surface area (Å²) in [5.74, 6) is 1.30. The van der Waals surface area contributed by atoms with Gasteiger partial charge in [0.25, 0.3) is 0 Å². The van der Waals surface area contributed by atoms with Gasteiger partial charge in [0, 0.05) is 5.69 Å². The number of nitriles is 2. The van der Waals surface area contributed by atoms with Crippen LogP contribution in [-0.2, 0) is 0 Å². The Labute approximate surface area is 190 Å². The topological polar surface area (TPSA) is 94.6 Å². The van der Waals surface area contributed by atoms with Crippen LogP contribution in [0, 0.1) is 22.7 Å². The summed E-state index contributed by atoms with van der Waals surface area (Å²) in [5.41, 5.74) is 2.60. The van der Waals surface area contributed by atoms with E-state index in [9.17, 15) is 0 Å². The van der Waals surface area contributed by atoms with Crippen molar-refractivity contribution in [3.63, 3.8) is 0 Å². The van der Waals surface area contributed by atoms with Gasteiger partial charge in [-0.2, -0.15) is 15.5 Å². The van der Waals surface area contributed by atoms with Crippen molar-refractivity contribution < 1.29 is 4.74 Å². The van der Waals surface area contributed by atoms with E-state index in [2.05, 4.69) is 27.4 Å². The van der Waals surface area contributed by atoms with Gasteiger partial charge in [0.05, 0.1) is 28.8 Å². The number of anilines is 2. The SMILES string of the molecule is CC(C)c1c(Cl)nc(Nc2ccc(C#N)cc2)nc1Oc1ccc2cc(C#N)ccc2c1. The summed E-state index contributed by atoms with van der Waals surface area (Å²) in [6.07, 6.45) is 0. The van der Waals surface area contributed by atoms with Crippen LogP contribution in [0.2, 0.25) is 5.15 Å². The van der Waals surface area contributed by atoms with E-state index in [0.717, 1.165) is 16.5 Å². The average molecular weight is 440 g/mol. The lowest BCUT2D eigenvalue weighted by molar-refractivity contribution is 0.453. The number of nitrogens with zero attached hydrogens (tertiary/aromatic N) is 4. The highest BCUT2D eigenvalue weighted by molar-refractivity contribution is 6.30. The zero-order valence-corrected chi connectivity index (χ0v) is 18.2. The third-order valence-corrected chi connectivity index (χ3v) is 5.16. The summed E-state index contributed by atoms with van der Waals surface area (Å²) in [4.78, 5) is 8.93. The summed E-state index contributed by atoms with van der Waals surface area (Å²) >= 11 is 6.49. The van der Waals surface area contributed by atoms with Crippen molar-refractivity contribution in [1.82, 2.24) is 9.97 Å². The van der Waals surface area contributed by atoms with Crippen molar-refractivity contribution in [2.24, 2.45) is 0 Å². The lowest BCUT2D eigenvalue weighted by atomic mass is 10.1. The molecule has 1 N–H and O–H groups in total. The van der Waals surface area contributed by atoms with E-state index in [1.807, 2.05) is 44.2 Å². The standard InChI is InChI=1S/C25H18ClN5O/c1-15(2)22-23(26)30-25(29-20-8-4-16(13-27)5-9-20)31-24(22)32-21-10-7-18-11-17(14-28)3-6-19(18)12-21/h3-12,15H,1-2H3,(H,29,30,31). The molecule has 0 radical (unpaired) electrons. The molecular formula is C25H18ClN5O. The third kappa shape index (κ3) is 4.46. The van der Waals surface area contributed by atoms with Gasteiger partial charge in [-0.05, 0) is 65.2 Å². The van der Waals surface area contributed by atoms with Crippen LogP contribution < -0.4 is 10.1 Å². The van der Waals surface area contributed by atoms with Crippen LogP contribution in [0.3, 0.4) is 0 Å². The second-order valence-corrected chi connectivity index (χ2v) is 7.82. The maximum absolute atomic E-state index is 9.09. The van der Waals surface area contributed by atoms with Crippen molar-refractivity contribution in [2.75, 3.05) is 5.32 Å². The molecule has 0 saturated carbocycles. The molecule has 0 fully saturated rings. The Morgan fingerprint density at radius 2 is 1.53 bits per heavy atom. The Morgan fingerprint density at radius 1 is 0.875 bits per heavy atom. The zero-order chi connectivity index (χ0) is 22.7. The summed E-state index contributed by atoms with van der Waals surface area (Å²) in [7, 11) is 0. The number of hydrogen-bond acceptors (Lipinski definition) is 6. The van der Waals surface area contributed by atoms with Crippen molar-refractivity contribution >= 4 is 34.0 Å². The molecule has 0 aliphatic carbocycles. The van der Waals surface area contributed by atoms with Crippen molar-refractivity contribution in [3.05, 3.63) is 82.5 Å². The summed E-state index contributed by atoms with van der Waals surface area (Å²) in [6, 6.07) is 22.3. The molecule has 1 aromatic heterocycles. The summed E-state index contributed by atoms with van der Waals surface area (Å²) in [6.45, 7) is 3.99. The van der Waals surface area contributed by atoms with Gasteiger partial charge in [-0.1, -0.05) is 37.6 Å². The number of nitrogens with one attached hydrogen (secondary N) is 1. The minimum Gasteiger partial charge on any atom is -0.438 e. The highest BCUT2D eigenvalue weighted by Crippen LogP contribution is 2.35. The van der Waals surface area contributed by atoms with Crippen LogP contribution in [0.4, 0.5) is 11.6 Å². The average Bonchev–Trinajstić information content (AvgIpc) is 2.78. The third-order valence-electron chi connectivity index (χ3n) is 4.87. The zero-order valence-electron chi connectivity index (χ0n) is 17.4. The Balaban J connectivity index is 1.69. The van der Waals surface area contributed by atoms with Crippen LogP contribution in [0.5, 0.6) is 11.6 Å². The number of hydrogen-bond donors (Lipinski definition) is 1. The fourth-order valence-electron chi connectivity index (χ4n) is 3.27. The summed E-state index contributed by atoms with van der Waals surface area (Å²) < 4.78 is 6.15. The highest BCUT2D eigenvalue weighted by Gasteiger charge is 2.19. The molecule has 0 aliphatic rings. The molecule has 156 valence electrons. The molecule has 32 heavy (non-hydrogen) atoms. The second-order valence-electron chi connectivity index (χ2n) is 7.46. The first-order chi connectivity index (χ1) is 15.5. The smallest absolute Gasteiger partial charge is 0.231 e. The van der Waals surface area contributed by atoms with E-state index < -0.39 is 0 Å². The molecule has 0 unspecified atom stereocenters. The van der Waals surface area contributed by atoms with Gasteiger partial charge in [-0.3, -0.25) is 0 Å². The lowest BCUT2D eigenvalue weighted by Gasteiger charge is -2.16. The fourth-order valence-corrected chi connectivity index (χ4v) is 3.65. The first kappa shape index (κ1) is 21.1. The Bertz CT molecular complexity index is 1380. The maximum atomic E-state index is 9.09. The summed E-state index contributed by atoms with van der Waals surface area (Å²) in [5, 5.41) is 23.4. The molecule has 6 nitrogen and oxygen atoms in total. The maximum Gasteiger partial charge on any atom is 0.231 e. The second kappa shape index (κ2) is 8.93. The van der Waals surface area contributed by atoms with Gasteiger partial charge in [0.15, 0.2) is 0 Å². The molecule has 3 aromatic carbocycles. The van der Waals surface area contributed by atoms with Crippen molar-refractivity contribution in [3.8, 4) is 23.8 Å². The molecule has 0 saturated heterocycles. The van der Waals surface area contributed by atoms with Crippen LogP contribution in [-0.4, -0.2) is 9.97 Å². The molecule has 0 aliphatic heterocycles. The van der Waals surface area contributed by atoms with Crippen LogP contribution in [0.1, 0.15) is 36.5 Å². The van der Waals surface area contributed by atoms with Gasteiger partial charge in [0.1, 0.15) is 10.9 Å². The van der Waals surface area contributed by atoms with Crippen molar-refractivity contribution in [2.45, 2.75) is 19.8 Å². The molecule has 0 atom stereocenters. The molecular weight excluding hydrogens is 422 g/mol. The van der Waals surface area contributed by atoms with Crippen LogP contribution in [0.25, 0.3) is 10.8 Å². The monoisotopic (exact) mass is 439 g/mol. The number of ether oxygens (including phenoxy) is 1. The van der Waals surface area contributed by atoms with Gasteiger partial charge >= 0.3 is 0 Å². The van der Waals surface area contributed by atoms with Gasteiger partial charge < -0.3 is 10.1 Å². The molecule has 0 bridgehead atoms. The van der Waals surface area contributed by atoms with E-state index in [4.69, 9.17) is 26.9 Å². The number of halogens is 1. The molecule has 0 amide bonds. The van der Waals surface area contributed by atoms with Gasteiger partial charge in [-0.25, -0.2) is 4.98 Å². The molecule has 7 heteroatoms. The number of rotatable bonds is 5. The molecule has 1 heterocycles. The van der Waals surface area contributed by atoms with Crippen LogP contribution in [0.15, 0.2) is 60.7 Å². The first-order valence-electron chi connectivity index (χ1n) is 9.93. The van der Waals surface area contributed by atoms with Crippen LogP contribution >= 0.6 is 11.6 Å². The van der Waals surface area contributed by atoms with E-state index in [-0.39, 0.29) is 5.92 Å². The highest BCUT2D eigenvalue weighted by atomic mass is 35.5. The van der Waals surface area contributed by atoms with E-state index in [1.54, 1.807) is 30.3 Å². The number of fused-ring (bicyclic) bond motifs is 1. The minimum atomic E-state index is 0.0418. The fraction of sp³-hybridized carbons (Fsp3) is 0.120. The van der Waals surface area contributed by atoms with Gasteiger partial charge in [-0.15, -0.1) is 0 Å². The normalized spacial score (nSPS) is 10.6. The number of aromatic nitrogens is 2. The molecule has 0 spiro atoms. The largest absolute Gasteiger partial charge is 0.438 e. The Kier molecular flexibility index (Phi) is 5.89. The predicted octanol–water partition coefficient (Wildman–Crippen LogP) is 6.69. The Morgan fingerprint density at radius 3 is 2.22 bits per heavy atom.